The molecule has 1 aliphatic heterocycles. The fourth-order valence-electron chi connectivity index (χ4n) is 3.62. The van der Waals surface area contributed by atoms with Gasteiger partial charge in [0.25, 0.3) is 5.91 Å². The Morgan fingerprint density at radius 1 is 1.11 bits per heavy atom. The van der Waals surface area contributed by atoms with Gasteiger partial charge in [-0.1, -0.05) is 69.4 Å². The van der Waals surface area contributed by atoms with E-state index < -0.39 is 23.5 Å². The Kier molecular flexibility index (Phi) is 6.83. The van der Waals surface area contributed by atoms with Crippen molar-refractivity contribution in [3.05, 3.63) is 104 Å². The van der Waals surface area contributed by atoms with E-state index in [-0.39, 0.29) is 16.5 Å². The molecule has 1 amide bonds. The largest absolute Gasteiger partial charge is 0.503 e. The number of halogens is 2. The number of hydrogen-bond acceptors (Lipinski definition) is 8. The van der Waals surface area contributed by atoms with Gasteiger partial charge in [-0.25, -0.2) is 4.39 Å². The lowest BCUT2D eigenvalue weighted by molar-refractivity contribution is -0.117. The van der Waals surface area contributed by atoms with E-state index in [9.17, 15) is 19.1 Å². The molecule has 1 N–H and O–H groups in total. The lowest BCUT2D eigenvalue weighted by Gasteiger charge is -2.24. The van der Waals surface area contributed by atoms with Gasteiger partial charge in [-0.2, -0.15) is 0 Å². The second kappa shape index (κ2) is 10.0. The van der Waals surface area contributed by atoms with Crippen LogP contribution in [0, 0.1) is 5.82 Å². The Morgan fingerprint density at radius 2 is 1.86 bits per heavy atom. The van der Waals surface area contributed by atoms with Gasteiger partial charge in [0.05, 0.1) is 16.5 Å². The van der Waals surface area contributed by atoms with Crippen molar-refractivity contribution in [1.29, 1.82) is 0 Å². The zero-order valence-electron chi connectivity index (χ0n) is 17.7. The first kappa shape index (κ1) is 23.9. The number of Topliss-reactive ketones (excluding diaryl/α,β-unsaturated/α-hetero) is 1. The minimum atomic E-state index is -0.854. The number of nitrogens with zero attached hydrogens (tertiary/aromatic N) is 3. The maximum atomic E-state index is 13.3. The summed E-state index contributed by atoms with van der Waals surface area (Å²) in [7, 11) is 0. The van der Waals surface area contributed by atoms with Crippen LogP contribution in [0.5, 0.6) is 0 Å². The van der Waals surface area contributed by atoms with Gasteiger partial charge in [0.2, 0.25) is 10.9 Å². The standard InChI is InChI=1S/C24H15BrFN3O3S3/c25-15-7-5-14(6-8-15)19-18(20(30)17-2-1-11-33-17)21(31)22(32)29(19)23-27-28-24(35-23)34-12-13-3-9-16(26)10-4-13/h1-11,19,31H,12H2. The van der Waals surface area contributed by atoms with E-state index in [1.54, 1.807) is 41.8 Å². The number of carbonyl (C=O) groups is 2. The number of thioether (sulfide) groups is 1. The molecule has 5 rings (SSSR count). The monoisotopic (exact) mass is 587 g/mol. The van der Waals surface area contributed by atoms with Crippen molar-refractivity contribution in [2.75, 3.05) is 4.90 Å². The van der Waals surface area contributed by atoms with E-state index in [1.807, 2.05) is 12.1 Å². The smallest absolute Gasteiger partial charge is 0.296 e. The van der Waals surface area contributed by atoms with E-state index in [0.717, 1.165) is 10.0 Å². The normalized spacial score (nSPS) is 15.8. The average molecular weight is 589 g/mol. The highest BCUT2D eigenvalue weighted by Crippen LogP contribution is 2.44. The van der Waals surface area contributed by atoms with E-state index in [0.29, 0.717) is 20.5 Å². The highest BCUT2D eigenvalue weighted by molar-refractivity contribution is 9.10. The maximum Gasteiger partial charge on any atom is 0.296 e. The molecule has 0 saturated heterocycles. The molecule has 0 bridgehead atoms. The van der Waals surface area contributed by atoms with Gasteiger partial charge in [0, 0.05) is 10.2 Å². The van der Waals surface area contributed by atoms with E-state index >= 15 is 0 Å². The predicted octanol–water partition coefficient (Wildman–Crippen LogP) is 6.58. The molecule has 35 heavy (non-hydrogen) atoms. The number of aliphatic hydroxyl groups is 1. The molecular weight excluding hydrogens is 573 g/mol. The van der Waals surface area contributed by atoms with E-state index in [2.05, 4.69) is 26.1 Å². The molecule has 11 heteroatoms. The summed E-state index contributed by atoms with van der Waals surface area (Å²) in [5.41, 5.74) is 1.58. The Hall–Kier alpha value is -2.86. The molecule has 0 fully saturated rings. The highest BCUT2D eigenvalue weighted by atomic mass is 79.9. The maximum absolute atomic E-state index is 13.3. The van der Waals surface area contributed by atoms with Crippen LogP contribution in [0.15, 0.2) is 86.2 Å². The number of aliphatic hydroxyl groups excluding tert-OH is 1. The minimum Gasteiger partial charge on any atom is -0.503 e. The molecule has 1 aliphatic rings. The summed E-state index contributed by atoms with van der Waals surface area (Å²) in [6, 6.07) is 15.9. The van der Waals surface area contributed by atoms with Crippen LogP contribution < -0.4 is 4.90 Å². The first-order valence-electron chi connectivity index (χ1n) is 10.2. The van der Waals surface area contributed by atoms with Crippen molar-refractivity contribution in [2.45, 2.75) is 16.1 Å². The van der Waals surface area contributed by atoms with Crippen LogP contribution in [0.25, 0.3) is 0 Å². The summed E-state index contributed by atoms with van der Waals surface area (Å²) in [5.74, 6) is -1.46. The summed E-state index contributed by atoms with van der Waals surface area (Å²) in [6.07, 6.45) is 0. The molecular formula is C24H15BrFN3O3S3. The molecule has 4 aromatic rings. The fourth-order valence-corrected chi connectivity index (χ4v) is 6.38. The Labute approximate surface area is 220 Å². The second-order valence-electron chi connectivity index (χ2n) is 7.46. The van der Waals surface area contributed by atoms with Crippen molar-refractivity contribution in [3.63, 3.8) is 0 Å². The predicted molar refractivity (Wildman–Crippen MR) is 139 cm³/mol. The number of hydrogen-bond donors (Lipinski definition) is 1. The van der Waals surface area contributed by atoms with Gasteiger partial charge in [-0.3, -0.25) is 14.5 Å². The molecule has 3 heterocycles. The summed E-state index contributed by atoms with van der Waals surface area (Å²) in [6.45, 7) is 0. The van der Waals surface area contributed by atoms with Crippen LogP contribution in [-0.2, 0) is 10.5 Å². The van der Waals surface area contributed by atoms with Crippen LogP contribution >= 0.6 is 50.4 Å². The molecule has 6 nitrogen and oxygen atoms in total. The number of aromatic nitrogens is 2. The van der Waals surface area contributed by atoms with Gasteiger partial charge in [0.15, 0.2) is 10.1 Å². The second-order valence-corrected chi connectivity index (χ2v) is 11.5. The number of anilines is 1. The number of benzene rings is 2. The summed E-state index contributed by atoms with van der Waals surface area (Å²) in [5, 5.41) is 21.2. The van der Waals surface area contributed by atoms with Crippen molar-refractivity contribution < 1.29 is 19.1 Å². The third-order valence-electron chi connectivity index (χ3n) is 5.26. The lowest BCUT2D eigenvalue weighted by atomic mass is 9.96. The molecule has 1 atom stereocenters. The van der Waals surface area contributed by atoms with Crippen molar-refractivity contribution in [2.24, 2.45) is 0 Å². The zero-order valence-corrected chi connectivity index (χ0v) is 21.8. The summed E-state index contributed by atoms with van der Waals surface area (Å²) >= 11 is 7.24. The first-order valence-corrected chi connectivity index (χ1v) is 13.7. The van der Waals surface area contributed by atoms with Crippen LogP contribution in [0.2, 0.25) is 0 Å². The number of rotatable bonds is 7. The third-order valence-corrected chi connectivity index (χ3v) is 8.79. The van der Waals surface area contributed by atoms with Gasteiger partial charge >= 0.3 is 0 Å². The molecule has 0 saturated carbocycles. The molecule has 0 aliphatic carbocycles. The van der Waals surface area contributed by atoms with Crippen LogP contribution in [0.3, 0.4) is 0 Å². The Morgan fingerprint density at radius 3 is 2.54 bits per heavy atom. The van der Waals surface area contributed by atoms with Crippen molar-refractivity contribution in [1.82, 2.24) is 10.2 Å². The highest BCUT2D eigenvalue weighted by Gasteiger charge is 2.46. The molecule has 176 valence electrons. The van der Waals surface area contributed by atoms with E-state index in [4.69, 9.17) is 0 Å². The molecule has 2 aromatic heterocycles. The van der Waals surface area contributed by atoms with E-state index in [1.165, 1.54) is 51.5 Å². The van der Waals surface area contributed by atoms with Crippen molar-refractivity contribution >= 4 is 67.2 Å². The quantitative estimate of drug-likeness (QED) is 0.149. The third kappa shape index (κ3) is 4.81. The van der Waals surface area contributed by atoms with Crippen LogP contribution in [0.1, 0.15) is 26.8 Å². The summed E-state index contributed by atoms with van der Waals surface area (Å²) < 4.78 is 14.6. The molecule has 1 unspecified atom stereocenters. The number of thiophene rings is 1. The van der Waals surface area contributed by atoms with Crippen LogP contribution in [-0.4, -0.2) is 27.0 Å². The number of carbonyl (C=O) groups excluding carboxylic acids is 2. The number of ketones is 1. The lowest BCUT2D eigenvalue weighted by Crippen LogP contribution is -2.31. The molecule has 0 spiro atoms. The van der Waals surface area contributed by atoms with Gasteiger partial charge in [-0.15, -0.1) is 21.5 Å². The molecule has 0 radical (unpaired) electrons. The minimum absolute atomic E-state index is 0.00971. The summed E-state index contributed by atoms with van der Waals surface area (Å²) in [4.78, 5) is 28.3. The molecule has 2 aromatic carbocycles. The van der Waals surface area contributed by atoms with Crippen LogP contribution in [0.4, 0.5) is 9.52 Å². The van der Waals surface area contributed by atoms with Crippen molar-refractivity contribution in [3.8, 4) is 0 Å². The Balaban J connectivity index is 1.48. The zero-order chi connectivity index (χ0) is 24.5. The Bertz CT molecular complexity index is 1420. The van der Waals surface area contributed by atoms with Gasteiger partial charge in [0.1, 0.15) is 5.82 Å². The van der Waals surface area contributed by atoms with Gasteiger partial charge < -0.3 is 5.11 Å². The topological polar surface area (TPSA) is 83.4 Å². The SMILES string of the molecule is O=C(C1=C(O)C(=O)N(c2nnc(SCc3ccc(F)cc3)s2)C1c1ccc(Br)cc1)c1cccs1. The average Bonchev–Trinajstić information content (AvgIpc) is 3.60. The number of amides is 1. The van der Waals surface area contributed by atoms with Gasteiger partial charge in [-0.05, 0) is 46.8 Å². The first-order chi connectivity index (χ1) is 16.9. The fraction of sp³-hybridized carbons (Fsp3) is 0.0833.